The van der Waals surface area contributed by atoms with Gasteiger partial charge in [-0.1, -0.05) is 12.1 Å². The first kappa shape index (κ1) is 13.5. The SMILES string of the molecule is NCCC(=O)NCCOc1ccc(CN)cc1. The molecule has 0 bridgehead atoms. The summed E-state index contributed by atoms with van der Waals surface area (Å²) < 4.78 is 5.45. The summed E-state index contributed by atoms with van der Waals surface area (Å²) in [5.41, 5.74) is 11.8. The first-order valence-corrected chi connectivity index (χ1v) is 5.65. The molecule has 0 saturated heterocycles. The molecule has 1 rings (SSSR count). The Balaban J connectivity index is 2.19. The molecule has 0 saturated carbocycles. The number of ether oxygens (including phenoxy) is 1. The number of amides is 1. The first-order chi connectivity index (χ1) is 8.26. The van der Waals surface area contributed by atoms with Crippen molar-refractivity contribution in [1.82, 2.24) is 5.32 Å². The minimum atomic E-state index is -0.0467. The third-order valence-electron chi connectivity index (χ3n) is 2.22. The number of hydrogen-bond donors (Lipinski definition) is 3. The van der Waals surface area contributed by atoms with Crippen LogP contribution in [0.4, 0.5) is 0 Å². The number of rotatable bonds is 7. The van der Waals surface area contributed by atoms with Gasteiger partial charge in [0.2, 0.25) is 5.91 Å². The van der Waals surface area contributed by atoms with Gasteiger partial charge in [0.05, 0.1) is 6.54 Å². The first-order valence-electron chi connectivity index (χ1n) is 5.65. The standard InChI is InChI=1S/C12H19N3O2/c13-6-5-12(16)15-7-8-17-11-3-1-10(9-14)2-4-11/h1-4H,5-9,13-14H2,(H,15,16). The molecule has 5 nitrogen and oxygen atoms in total. The van der Waals surface area contributed by atoms with E-state index in [-0.39, 0.29) is 5.91 Å². The summed E-state index contributed by atoms with van der Waals surface area (Å²) in [6, 6.07) is 7.57. The third kappa shape index (κ3) is 5.33. The van der Waals surface area contributed by atoms with E-state index < -0.39 is 0 Å². The number of carbonyl (C=O) groups is 1. The van der Waals surface area contributed by atoms with Crippen molar-refractivity contribution >= 4 is 5.91 Å². The van der Waals surface area contributed by atoms with E-state index in [1.165, 1.54) is 0 Å². The lowest BCUT2D eigenvalue weighted by Gasteiger charge is -2.07. The van der Waals surface area contributed by atoms with Gasteiger partial charge >= 0.3 is 0 Å². The summed E-state index contributed by atoms with van der Waals surface area (Å²) in [5.74, 6) is 0.727. The van der Waals surface area contributed by atoms with Crippen molar-refractivity contribution in [3.8, 4) is 5.75 Å². The van der Waals surface area contributed by atoms with E-state index in [0.717, 1.165) is 11.3 Å². The van der Waals surface area contributed by atoms with Crippen LogP contribution >= 0.6 is 0 Å². The molecule has 0 unspecified atom stereocenters. The highest BCUT2D eigenvalue weighted by atomic mass is 16.5. The van der Waals surface area contributed by atoms with Gasteiger partial charge in [0.15, 0.2) is 0 Å². The lowest BCUT2D eigenvalue weighted by molar-refractivity contribution is -0.120. The zero-order valence-electron chi connectivity index (χ0n) is 9.82. The van der Waals surface area contributed by atoms with Crippen LogP contribution in [0.3, 0.4) is 0 Å². The minimum Gasteiger partial charge on any atom is -0.492 e. The van der Waals surface area contributed by atoms with Crippen LogP contribution in [0.15, 0.2) is 24.3 Å². The van der Waals surface area contributed by atoms with E-state index >= 15 is 0 Å². The molecule has 0 aromatic heterocycles. The Bertz CT molecular complexity index is 338. The molecule has 0 aliphatic carbocycles. The Morgan fingerprint density at radius 1 is 1.24 bits per heavy atom. The van der Waals surface area contributed by atoms with E-state index in [0.29, 0.717) is 32.7 Å². The highest BCUT2D eigenvalue weighted by Crippen LogP contribution is 2.11. The van der Waals surface area contributed by atoms with Crippen LogP contribution in [0.2, 0.25) is 0 Å². The second-order valence-electron chi connectivity index (χ2n) is 3.59. The van der Waals surface area contributed by atoms with Gasteiger partial charge in [0.1, 0.15) is 12.4 Å². The quantitative estimate of drug-likeness (QED) is 0.582. The highest BCUT2D eigenvalue weighted by Gasteiger charge is 1.98. The van der Waals surface area contributed by atoms with E-state index in [1.807, 2.05) is 24.3 Å². The maximum atomic E-state index is 11.1. The molecule has 0 aliphatic rings. The molecule has 1 amide bonds. The maximum absolute atomic E-state index is 11.1. The van der Waals surface area contributed by atoms with Crippen LogP contribution in [-0.2, 0) is 11.3 Å². The Kier molecular flexibility index (Phi) is 6.06. The fraction of sp³-hybridized carbons (Fsp3) is 0.417. The molecule has 0 heterocycles. The molecule has 1 aromatic rings. The van der Waals surface area contributed by atoms with Crippen molar-refractivity contribution in [3.63, 3.8) is 0 Å². The Hall–Kier alpha value is -1.59. The average molecular weight is 237 g/mol. The van der Waals surface area contributed by atoms with Crippen LogP contribution in [0.25, 0.3) is 0 Å². The zero-order valence-corrected chi connectivity index (χ0v) is 9.82. The van der Waals surface area contributed by atoms with Crippen LogP contribution in [0.1, 0.15) is 12.0 Å². The fourth-order valence-electron chi connectivity index (χ4n) is 1.30. The van der Waals surface area contributed by atoms with Crippen molar-refractivity contribution in [2.45, 2.75) is 13.0 Å². The lowest BCUT2D eigenvalue weighted by Crippen LogP contribution is -2.29. The van der Waals surface area contributed by atoms with Gasteiger partial charge in [0, 0.05) is 19.5 Å². The third-order valence-corrected chi connectivity index (χ3v) is 2.22. The zero-order chi connectivity index (χ0) is 12.5. The fourth-order valence-corrected chi connectivity index (χ4v) is 1.30. The average Bonchev–Trinajstić information content (AvgIpc) is 2.36. The Labute approximate surface area is 101 Å². The van der Waals surface area contributed by atoms with Crippen molar-refractivity contribution in [1.29, 1.82) is 0 Å². The smallest absolute Gasteiger partial charge is 0.221 e. The predicted octanol–water partition coefficient (Wildman–Crippen LogP) is -0.0109. The predicted molar refractivity (Wildman–Crippen MR) is 66.5 cm³/mol. The van der Waals surface area contributed by atoms with Crippen molar-refractivity contribution in [3.05, 3.63) is 29.8 Å². The van der Waals surface area contributed by atoms with Crippen molar-refractivity contribution in [2.24, 2.45) is 11.5 Å². The number of carbonyl (C=O) groups excluding carboxylic acids is 1. The van der Waals surface area contributed by atoms with Gasteiger partial charge < -0.3 is 21.5 Å². The number of nitrogens with two attached hydrogens (primary N) is 2. The van der Waals surface area contributed by atoms with E-state index in [2.05, 4.69) is 5.32 Å². The van der Waals surface area contributed by atoms with Gasteiger partial charge in [-0.05, 0) is 17.7 Å². The Morgan fingerprint density at radius 3 is 2.53 bits per heavy atom. The molecule has 0 atom stereocenters. The van der Waals surface area contributed by atoms with Gasteiger partial charge in [-0.15, -0.1) is 0 Å². The normalized spacial score (nSPS) is 10.0. The van der Waals surface area contributed by atoms with Crippen LogP contribution in [-0.4, -0.2) is 25.6 Å². The molecule has 1 aromatic carbocycles. The van der Waals surface area contributed by atoms with Gasteiger partial charge in [-0.3, -0.25) is 4.79 Å². The van der Waals surface area contributed by atoms with E-state index in [1.54, 1.807) is 0 Å². The molecular weight excluding hydrogens is 218 g/mol. The van der Waals surface area contributed by atoms with Crippen LogP contribution in [0, 0.1) is 0 Å². The minimum absolute atomic E-state index is 0.0467. The van der Waals surface area contributed by atoms with Gasteiger partial charge in [0.25, 0.3) is 0 Å². The van der Waals surface area contributed by atoms with Gasteiger partial charge in [-0.2, -0.15) is 0 Å². The summed E-state index contributed by atoms with van der Waals surface area (Å²) in [6.45, 7) is 1.82. The second kappa shape index (κ2) is 7.65. The van der Waals surface area contributed by atoms with Gasteiger partial charge in [-0.25, -0.2) is 0 Å². The molecular formula is C12H19N3O2. The largest absolute Gasteiger partial charge is 0.492 e. The number of nitrogens with one attached hydrogen (secondary N) is 1. The van der Waals surface area contributed by atoms with Crippen molar-refractivity contribution < 1.29 is 9.53 Å². The summed E-state index contributed by atoms with van der Waals surface area (Å²) in [4.78, 5) is 11.1. The molecule has 0 radical (unpaired) electrons. The van der Waals surface area contributed by atoms with Crippen molar-refractivity contribution in [2.75, 3.05) is 19.7 Å². The van der Waals surface area contributed by atoms with Crippen LogP contribution in [0.5, 0.6) is 5.75 Å². The molecule has 17 heavy (non-hydrogen) atoms. The molecule has 94 valence electrons. The maximum Gasteiger partial charge on any atom is 0.221 e. The van der Waals surface area contributed by atoms with E-state index in [4.69, 9.17) is 16.2 Å². The number of hydrogen-bond acceptors (Lipinski definition) is 4. The molecule has 5 heteroatoms. The molecule has 0 aliphatic heterocycles. The highest BCUT2D eigenvalue weighted by molar-refractivity contribution is 5.75. The molecule has 5 N–H and O–H groups in total. The summed E-state index contributed by atoms with van der Waals surface area (Å²) in [7, 11) is 0. The summed E-state index contributed by atoms with van der Waals surface area (Å²) >= 11 is 0. The topological polar surface area (TPSA) is 90.4 Å². The Morgan fingerprint density at radius 2 is 1.94 bits per heavy atom. The second-order valence-corrected chi connectivity index (χ2v) is 3.59. The molecule has 0 spiro atoms. The lowest BCUT2D eigenvalue weighted by atomic mass is 10.2. The number of benzene rings is 1. The van der Waals surface area contributed by atoms with Crippen LogP contribution < -0.4 is 21.5 Å². The monoisotopic (exact) mass is 237 g/mol. The summed E-state index contributed by atoms with van der Waals surface area (Å²) in [6.07, 6.45) is 0.352. The van der Waals surface area contributed by atoms with E-state index in [9.17, 15) is 4.79 Å². The molecule has 0 fully saturated rings. The summed E-state index contributed by atoms with van der Waals surface area (Å²) in [5, 5.41) is 2.71.